The van der Waals surface area contributed by atoms with E-state index in [2.05, 4.69) is 47.0 Å². The van der Waals surface area contributed by atoms with Crippen LogP contribution in [0.4, 0.5) is 5.69 Å². The number of ether oxygens (including phenoxy) is 1. The molecule has 0 heterocycles. The molecule has 0 aliphatic carbocycles. The maximum atomic E-state index is 10.1. The molecule has 106 valence electrons. The number of benzene rings is 2. The lowest BCUT2D eigenvalue weighted by Gasteiger charge is -2.12. The summed E-state index contributed by atoms with van der Waals surface area (Å²) in [4.78, 5) is 0. The van der Waals surface area contributed by atoms with Crippen LogP contribution in [0.5, 0.6) is 11.5 Å². The molecule has 0 atom stereocenters. The van der Waals surface area contributed by atoms with Crippen molar-refractivity contribution < 1.29 is 9.84 Å². The standard InChI is InChI=1S/C15H15ClINO2/c1-9-3-4-12(7-13(9)17)18-8-10-5-11(16)6-14(20-2)15(10)19/h3-7,18-19H,8H2,1-2H3. The van der Waals surface area contributed by atoms with Crippen LogP contribution in [0.2, 0.25) is 5.02 Å². The lowest BCUT2D eigenvalue weighted by atomic mass is 10.1. The predicted octanol–water partition coefficient (Wildman–Crippen LogP) is 4.58. The Kier molecular flexibility index (Phi) is 4.99. The molecule has 0 amide bonds. The van der Waals surface area contributed by atoms with Gasteiger partial charge in [-0.15, -0.1) is 0 Å². The number of aromatic hydroxyl groups is 1. The van der Waals surface area contributed by atoms with E-state index in [1.54, 1.807) is 12.1 Å². The Labute approximate surface area is 137 Å². The van der Waals surface area contributed by atoms with Crippen LogP contribution in [0.1, 0.15) is 11.1 Å². The van der Waals surface area contributed by atoms with E-state index >= 15 is 0 Å². The third-order valence-electron chi connectivity index (χ3n) is 2.99. The molecule has 2 aromatic carbocycles. The number of nitrogens with one attached hydrogen (secondary N) is 1. The number of anilines is 1. The smallest absolute Gasteiger partial charge is 0.162 e. The molecule has 0 aliphatic rings. The van der Waals surface area contributed by atoms with E-state index in [1.165, 1.54) is 16.2 Å². The Balaban J connectivity index is 2.18. The first-order valence-corrected chi connectivity index (χ1v) is 7.52. The van der Waals surface area contributed by atoms with E-state index in [0.29, 0.717) is 22.9 Å². The summed E-state index contributed by atoms with van der Waals surface area (Å²) >= 11 is 8.31. The number of aryl methyl sites for hydroxylation is 1. The summed E-state index contributed by atoms with van der Waals surface area (Å²) < 4.78 is 6.28. The number of phenols is 1. The Morgan fingerprint density at radius 1 is 1.30 bits per heavy atom. The van der Waals surface area contributed by atoms with Gasteiger partial charge in [0.05, 0.1) is 7.11 Å². The molecule has 2 rings (SSSR count). The number of phenolic OH excluding ortho intramolecular Hbond substituents is 1. The molecule has 5 heteroatoms. The van der Waals surface area contributed by atoms with Crippen LogP contribution >= 0.6 is 34.2 Å². The molecule has 20 heavy (non-hydrogen) atoms. The molecule has 0 spiro atoms. The van der Waals surface area contributed by atoms with Crippen LogP contribution in [0.15, 0.2) is 30.3 Å². The summed E-state index contributed by atoms with van der Waals surface area (Å²) in [5, 5.41) is 13.9. The van der Waals surface area contributed by atoms with Crippen LogP contribution in [0.3, 0.4) is 0 Å². The van der Waals surface area contributed by atoms with Gasteiger partial charge in [0.1, 0.15) is 0 Å². The van der Waals surface area contributed by atoms with Gasteiger partial charge in [0.15, 0.2) is 11.5 Å². The molecule has 0 aliphatic heterocycles. The summed E-state index contributed by atoms with van der Waals surface area (Å²) in [6.07, 6.45) is 0. The van der Waals surface area contributed by atoms with Crippen LogP contribution < -0.4 is 10.1 Å². The molecule has 2 aromatic rings. The minimum absolute atomic E-state index is 0.117. The maximum absolute atomic E-state index is 10.1. The normalized spacial score (nSPS) is 10.4. The van der Waals surface area contributed by atoms with Gasteiger partial charge >= 0.3 is 0 Å². The monoisotopic (exact) mass is 403 g/mol. The highest BCUT2D eigenvalue weighted by molar-refractivity contribution is 14.1. The topological polar surface area (TPSA) is 41.5 Å². The van der Waals surface area contributed by atoms with E-state index in [9.17, 15) is 5.11 Å². The zero-order chi connectivity index (χ0) is 14.7. The first-order chi connectivity index (χ1) is 9.51. The Morgan fingerprint density at radius 2 is 2.05 bits per heavy atom. The second kappa shape index (κ2) is 6.54. The summed E-state index contributed by atoms with van der Waals surface area (Å²) in [6.45, 7) is 2.54. The first kappa shape index (κ1) is 15.3. The molecule has 0 saturated heterocycles. The van der Waals surface area contributed by atoms with Gasteiger partial charge in [0.2, 0.25) is 0 Å². The van der Waals surface area contributed by atoms with Gasteiger partial charge in [0, 0.05) is 32.5 Å². The van der Waals surface area contributed by atoms with Gasteiger partial charge in [-0.3, -0.25) is 0 Å². The fourth-order valence-corrected chi connectivity index (χ4v) is 2.56. The zero-order valence-corrected chi connectivity index (χ0v) is 14.1. The van der Waals surface area contributed by atoms with Crippen molar-refractivity contribution in [3.05, 3.63) is 50.1 Å². The molecule has 0 unspecified atom stereocenters. The van der Waals surface area contributed by atoms with Crippen molar-refractivity contribution >= 4 is 39.9 Å². The molecule has 3 nitrogen and oxygen atoms in total. The second-order valence-electron chi connectivity index (χ2n) is 4.43. The number of rotatable bonds is 4. The van der Waals surface area contributed by atoms with Gasteiger partial charge in [-0.1, -0.05) is 17.7 Å². The summed E-state index contributed by atoms with van der Waals surface area (Å²) in [7, 11) is 1.50. The second-order valence-corrected chi connectivity index (χ2v) is 6.03. The highest BCUT2D eigenvalue weighted by Gasteiger charge is 2.10. The molecule has 0 fully saturated rings. The van der Waals surface area contributed by atoms with E-state index in [-0.39, 0.29) is 5.75 Å². The van der Waals surface area contributed by atoms with Gasteiger partial charge in [-0.25, -0.2) is 0 Å². The largest absolute Gasteiger partial charge is 0.504 e. The van der Waals surface area contributed by atoms with Crippen LogP contribution in [0, 0.1) is 10.5 Å². The van der Waals surface area contributed by atoms with Crippen LogP contribution in [-0.2, 0) is 6.54 Å². The first-order valence-electron chi connectivity index (χ1n) is 6.06. The molecular weight excluding hydrogens is 389 g/mol. The molecule has 0 radical (unpaired) electrons. The average Bonchev–Trinajstić information content (AvgIpc) is 2.43. The van der Waals surface area contributed by atoms with Crippen molar-refractivity contribution in [2.45, 2.75) is 13.5 Å². The summed E-state index contributed by atoms with van der Waals surface area (Å²) in [6, 6.07) is 9.45. The summed E-state index contributed by atoms with van der Waals surface area (Å²) in [5.41, 5.74) is 2.94. The van der Waals surface area contributed by atoms with E-state index in [0.717, 1.165) is 5.69 Å². The molecule has 0 saturated carbocycles. The van der Waals surface area contributed by atoms with E-state index in [1.807, 2.05) is 6.07 Å². The molecule has 0 bridgehead atoms. The molecule has 0 aromatic heterocycles. The third-order valence-corrected chi connectivity index (χ3v) is 4.37. The highest BCUT2D eigenvalue weighted by atomic mass is 127. The van der Waals surface area contributed by atoms with Crippen molar-refractivity contribution in [1.82, 2.24) is 0 Å². The van der Waals surface area contributed by atoms with Gasteiger partial charge in [-0.2, -0.15) is 0 Å². The number of methoxy groups -OCH3 is 1. The van der Waals surface area contributed by atoms with E-state index in [4.69, 9.17) is 16.3 Å². The van der Waals surface area contributed by atoms with Gasteiger partial charge in [-0.05, 0) is 53.3 Å². The number of hydrogen-bond donors (Lipinski definition) is 2. The Morgan fingerprint density at radius 3 is 2.70 bits per heavy atom. The SMILES string of the molecule is COc1cc(Cl)cc(CNc2ccc(C)c(I)c2)c1O. The highest BCUT2D eigenvalue weighted by Crippen LogP contribution is 2.33. The van der Waals surface area contributed by atoms with Crippen molar-refractivity contribution in [2.24, 2.45) is 0 Å². The Bertz CT molecular complexity index is 632. The minimum atomic E-state index is 0.117. The molecular formula is C15H15ClINO2. The summed E-state index contributed by atoms with van der Waals surface area (Å²) in [5.74, 6) is 0.499. The van der Waals surface area contributed by atoms with Crippen molar-refractivity contribution in [1.29, 1.82) is 0 Å². The quantitative estimate of drug-likeness (QED) is 0.734. The van der Waals surface area contributed by atoms with Crippen LogP contribution in [-0.4, -0.2) is 12.2 Å². The maximum Gasteiger partial charge on any atom is 0.162 e. The predicted molar refractivity (Wildman–Crippen MR) is 90.9 cm³/mol. The zero-order valence-electron chi connectivity index (χ0n) is 11.2. The van der Waals surface area contributed by atoms with Crippen molar-refractivity contribution in [2.75, 3.05) is 12.4 Å². The third kappa shape index (κ3) is 3.49. The number of hydrogen-bond acceptors (Lipinski definition) is 3. The molecule has 2 N–H and O–H groups in total. The van der Waals surface area contributed by atoms with Crippen molar-refractivity contribution in [3.8, 4) is 11.5 Å². The van der Waals surface area contributed by atoms with Crippen molar-refractivity contribution in [3.63, 3.8) is 0 Å². The fourth-order valence-electron chi connectivity index (χ4n) is 1.82. The Hall–Kier alpha value is -1.14. The lowest BCUT2D eigenvalue weighted by Crippen LogP contribution is -2.01. The fraction of sp³-hybridized carbons (Fsp3) is 0.200. The minimum Gasteiger partial charge on any atom is -0.504 e. The number of halogens is 2. The van der Waals surface area contributed by atoms with E-state index < -0.39 is 0 Å². The van der Waals surface area contributed by atoms with Gasteiger partial charge < -0.3 is 15.2 Å². The average molecular weight is 404 g/mol. The lowest BCUT2D eigenvalue weighted by molar-refractivity contribution is 0.371. The van der Waals surface area contributed by atoms with Crippen LogP contribution in [0.25, 0.3) is 0 Å². The van der Waals surface area contributed by atoms with Gasteiger partial charge in [0.25, 0.3) is 0 Å².